The number of benzene rings is 3. The third-order valence-electron chi connectivity index (χ3n) is 4.13. The quantitative estimate of drug-likeness (QED) is 0.336. The van der Waals surface area contributed by atoms with Crippen molar-refractivity contribution in [2.24, 2.45) is 0 Å². The van der Waals surface area contributed by atoms with Crippen molar-refractivity contribution in [3.8, 4) is 0 Å². The van der Waals surface area contributed by atoms with Crippen LogP contribution in [0.15, 0.2) is 77.7 Å². The lowest BCUT2D eigenvalue weighted by molar-refractivity contribution is -0.133. The van der Waals surface area contributed by atoms with Gasteiger partial charge < -0.3 is 4.74 Å². The molecule has 0 spiro atoms. The van der Waals surface area contributed by atoms with Gasteiger partial charge in [-0.15, -0.1) is 11.8 Å². The van der Waals surface area contributed by atoms with Gasteiger partial charge in [0.25, 0.3) is 0 Å². The van der Waals surface area contributed by atoms with Crippen LogP contribution in [0.1, 0.15) is 18.1 Å². The number of allylic oxidation sites excluding steroid dienone is 1. The Morgan fingerprint density at radius 3 is 2.52 bits per heavy atom. The summed E-state index contributed by atoms with van der Waals surface area (Å²) in [5.74, 6) is 0.489. The van der Waals surface area contributed by atoms with E-state index in [4.69, 9.17) is 4.74 Å². The monoisotopic (exact) mass is 348 g/mol. The third kappa shape index (κ3) is 3.77. The molecule has 0 amide bonds. The van der Waals surface area contributed by atoms with Gasteiger partial charge >= 0.3 is 5.97 Å². The number of hydrogen-bond donors (Lipinski definition) is 0. The highest BCUT2D eigenvalue weighted by molar-refractivity contribution is 7.98. The number of fused-ring (bicyclic) bond motifs is 1. The number of thioether (sulfide) groups is 1. The number of ether oxygens (including phenoxy) is 1. The average molecular weight is 348 g/mol. The fraction of sp³-hybridized carbons (Fsp3) is 0.136. The highest BCUT2D eigenvalue weighted by Crippen LogP contribution is 2.32. The van der Waals surface area contributed by atoms with E-state index in [2.05, 4.69) is 48.5 Å². The average Bonchev–Trinajstić information content (AvgIpc) is 2.67. The Balaban J connectivity index is 1.90. The van der Waals surface area contributed by atoms with E-state index < -0.39 is 0 Å². The number of rotatable bonds is 5. The summed E-state index contributed by atoms with van der Waals surface area (Å²) in [6, 6.07) is 22.8. The van der Waals surface area contributed by atoms with Gasteiger partial charge in [-0.2, -0.15) is 0 Å². The molecule has 0 bridgehead atoms. The molecule has 0 atom stereocenters. The Hall–Kier alpha value is -2.52. The van der Waals surface area contributed by atoms with Gasteiger partial charge in [-0.25, -0.2) is 4.79 Å². The summed E-state index contributed by atoms with van der Waals surface area (Å²) in [4.78, 5) is 13.3. The van der Waals surface area contributed by atoms with E-state index in [1.54, 1.807) is 11.8 Å². The molecule has 3 aromatic rings. The van der Waals surface area contributed by atoms with Crippen LogP contribution in [-0.2, 0) is 15.3 Å². The van der Waals surface area contributed by atoms with E-state index in [0.717, 1.165) is 16.9 Å². The molecule has 0 fully saturated rings. The first kappa shape index (κ1) is 17.3. The first-order chi connectivity index (χ1) is 12.2. The van der Waals surface area contributed by atoms with Crippen LogP contribution in [0.3, 0.4) is 0 Å². The zero-order valence-electron chi connectivity index (χ0n) is 14.4. The largest absolute Gasteiger partial charge is 0.465 e. The van der Waals surface area contributed by atoms with Crippen LogP contribution in [0, 0.1) is 0 Å². The zero-order valence-corrected chi connectivity index (χ0v) is 15.2. The van der Waals surface area contributed by atoms with Crippen LogP contribution in [0.4, 0.5) is 0 Å². The Morgan fingerprint density at radius 2 is 1.72 bits per heavy atom. The number of hydrogen-bond acceptors (Lipinski definition) is 3. The summed E-state index contributed by atoms with van der Waals surface area (Å²) in [6.07, 6.45) is 1.81. The van der Waals surface area contributed by atoms with Crippen LogP contribution in [0.2, 0.25) is 0 Å². The first-order valence-corrected chi connectivity index (χ1v) is 9.16. The summed E-state index contributed by atoms with van der Waals surface area (Å²) in [6.45, 7) is 1.86. The molecule has 0 heterocycles. The topological polar surface area (TPSA) is 26.3 Å². The summed E-state index contributed by atoms with van der Waals surface area (Å²) < 4.78 is 4.92. The van der Waals surface area contributed by atoms with Crippen molar-refractivity contribution in [3.63, 3.8) is 0 Å². The molecule has 0 N–H and O–H groups in total. The molecule has 3 aromatic carbocycles. The van der Waals surface area contributed by atoms with Crippen LogP contribution >= 0.6 is 11.8 Å². The van der Waals surface area contributed by atoms with Gasteiger partial charge in [-0.3, -0.25) is 0 Å². The predicted octanol–water partition coefficient (Wildman–Crippen LogP) is 5.71. The van der Waals surface area contributed by atoms with Gasteiger partial charge in [-0.05, 0) is 34.9 Å². The standard InChI is InChI=1S/C22H20O2S/c1-3-18(22(23)24-2)19-12-6-5-10-17(19)15-25-21-14-8-11-16-9-4-7-13-20(16)21/h3-14H,15H2,1-2H3. The molecular formula is C22H20O2S. The summed E-state index contributed by atoms with van der Waals surface area (Å²) in [5.41, 5.74) is 2.67. The molecule has 0 radical (unpaired) electrons. The van der Waals surface area contributed by atoms with Crippen molar-refractivity contribution in [1.82, 2.24) is 0 Å². The summed E-state index contributed by atoms with van der Waals surface area (Å²) in [7, 11) is 1.42. The molecule has 2 nitrogen and oxygen atoms in total. The minimum Gasteiger partial charge on any atom is -0.465 e. The SMILES string of the molecule is CC=C(C(=O)OC)c1ccccc1CSc1cccc2ccccc12. The number of methoxy groups -OCH3 is 1. The van der Waals surface area contributed by atoms with E-state index in [-0.39, 0.29) is 5.97 Å². The van der Waals surface area contributed by atoms with Crippen molar-refractivity contribution >= 4 is 34.1 Å². The lowest BCUT2D eigenvalue weighted by Crippen LogP contribution is -2.05. The molecule has 0 aromatic heterocycles. The molecular weight excluding hydrogens is 328 g/mol. The van der Waals surface area contributed by atoms with Gasteiger partial charge in [0, 0.05) is 10.6 Å². The summed E-state index contributed by atoms with van der Waals surface area (Å²) in [5, 5.41) is 2.50. The minimum atomic E-state index is -0.301. The molecule has 3 heteroatoms. The molecule has 0 saturated heterocycles. The molecule has 0 aliphatic heterocycles. The molecule has 126 valence electrons. The number of esters is 1. The van der Waals surface area contributed by atoms with Crippen molar-refractivity contribution in [2.75, 3.05) is 7.11 Å². The molecule has 0 unspecified atom stereocenters. The van der Waals surface area contributed by atoms with Crippen LogP contribution in [0.5, 0.6) is 0 Å². The van der Waals surface area contributed by atoms with Crippen LogP contribution < -0.4 is 0 Å². The number of carbonyl (C=O) groups is 1. The van der Waals surface area contributed by atoms with E-state index in [9.17, 15) is 4.79 Å². The van der Waals surface area contributed by atoms with Crippen molar-refractivity contribution in [2.45, 2.75) is 17.6 Å². The maximum absolute atomic E-state index is 12.0. The highest BCUT2D eigenvalue weighted by Gasteiger charge is 2.15. The minimum absolute atomic E-state index is 0.301. The van der Waals surface area contributed by atoms with Gasteiger partial charge in [0.2, 0.25) is 0 Å². The van der Waals surface area contributed by atoms with Crippen molar-refractivity contribution in [1.29, 1.82) is 0 Å². The lowest BCUT2D eigenvalue weighted by Gasteiger charge is -2.12. The molecule has 3 rings (SSSR count). The highest BCUT2D eigenvalue weighted by atomic mass is 32.2. The second-order valence-electron chi connectivity index (χ2n) is 5.62. The molecule has 25 heavy (non-hydrogen) atoms. The first-order valence-electron chi connectivity index (χ1n) is 8.18. The van der Waals surface area contributed by atoms with Crippen LogP contribution in [0.25, 0.3) is 16.3 Å². The fourth-order valence-electron chi connectivity index (χ4n) is 2.88. The lowest BCUT2D eigenvalue weighted by atomic mass is 10.0. The normalized spacial score (nSPS) is 11.5. The second kappa shape index (κ2) is 8.04. The van der Waals surface area contributed by atoms with E-state index in [0.29, 0.717) is 5.57 Å². The van der Waals surface area contributed by atoms with E-state index in [1.165, 1.54) is 22.8 Å². The molecule has 0 aliphatic carbocycles. The van der Waals surface area contributed by atoms with Gasteiger partial charge in [0.15, 0.2) is 0 Å². The molecule has 0 saturated carbocycles. The van der Waals surface area contributed by atoms with Gasteiger partial charge in [0.05, 0.1) is 12.7 Å². The smallest absolute Gasteiger partial charge is 0.338 e. The van der Waals surface area contributed by atoms with Crippen molar-refractivity contribution in [3.05, 3.63) is 83.9 Å². The van der Waals surface area contributed by atoms with Gasteiger partial charge in [0.1, 0.15) is 0 Å². The Morgan fingerprint density at radius 1 is 1.00 bits per heavy atom. The third-order valence-corrected chi connectivity index (χ3v) is 5.26. The van der Waals surface area contributed by atoms with Crippen molar-refractivity contribution < 1.29 is 9.53 Å². The maximum Gasteiger partial charge on any atom is 0.338 e. The Labute approximate surface area is 152 Å². The van der Waals surface area contributed by atoms with Crippen LogP contribution in [-0.4, -0.2) is 13.1 Å². The maximum atomic E-state index is 12.0. The zero-order chi connectivity index (χ0) is 17.6. The second-order valence-corrected chi connectivity index (χ2v) is 6.63. The van der Waals surface area contributed by atoms with E-state index in [1.807, 2.05) is 31.2 Å². The van der Waals surface area contributed by atoms with E-state index >= 15 is 0 Å². The molecule has 0 aliphatic rings. The Bertz CT molecular complexity index is 923. The summed E-state index contributed by atoms with van der Waals surface area (Å²) >= 11 is 1.79. The predicted molar refractivity (Wildman–Crippen MR) is 106 cm³/mol. The Kier molecular flexibility index (Phi) is 5.56. The number of carbonyl (C=O) groups excluding carboxylic acids is 1. The fourth-order valence-corrected chi connectivity index (χ4v) is 3.96. The van der Waals surface area contributed by atoms with Gasteiger partial charge in [-0.1, -0.05) is 66.7 Å².